The van der Waals surface area contributed by atoms with Gasteiger partial charge in [-0.15, -0.1) is 11.3 Å². The molecule has 0 saturated carbocycles. The number of methoxy groups -OCH3 is 1. The molecule has 3 aromatic rings. The first-order valence-electron chi connectivity index (χ1n) is 7.38. The summed E-state index contributed by atoms with van der Waals surface area (Å²) in [5.41, 5.74) is 1.46. The molecular formula is C17H19N3O2S. The lowest BCUT2D eigenvalue weighted by Crippen LogP contribution is -2.26. The smallest absolute Gasteiger partial charge is 0.252 e. The van der Waals surface area contributed by atoms with E-state index in [9.17, 15) is 4.79 Å². The largest absolute Gasteiger partial charge is 0.497 e. The van der Waals surface area contributed by atoms with E-state index in [4.69, 9.17) is 4.74 Å². The van der Waals surface area contributed by atoms with Gasteiger partial charge in [0.1, 0.15) is 10.8 Å². The van der Waals surface area contributed by atoms with Crippen LogP contribution in [0.5, 0.6) is 5.75 Å². The van der Waals surface area contributed by atoms with E-state index in [-0.39, 0.29) is 11.6 Å². The van der Waals surface area contributed by atoms with E-state index in [0.717, 1.165) is 27.2 Å². The molecule has 6 heteroatoms. The van der Waals surface area contributed by atoms with Crippen molar-refractivity contribution >= 4 is 22.2 Å². The van der Waals surface area contributed by atoms with Crippen LogP contribution in [-0.4, -0.2) is 29.0 Å². The minimum atomic E-state index is -0.0658. The summed E-state index contributed by atoms with van der Waals surface area (Å²) in [6, 6.07) is 7.80. The predicted molar refractivity (Wildman–Crippen MR) is 93.1 cm³/mol. The van der Waals surface area contributed by atoms with Crippen molar-refractivity contribution in [2.75, 3.05) is 14.2 Å². The van der Waals surface area contributed by atoms with Crippen molar-refractivity contribution in [3.8, 4) is 5.75 Å². The number of hydrogen-bond acceptors (Lipinski definition) is 5. The minimum Gasteiger partial charge on any atom is -0.497 e. The van der Waals surface area contributed by atoms with Gasteiger partial charge in [-0.05, 0) is 37.6 Å². The number of H-pyrrole nitrogens is 1. The molecule has 0 aliphatic carbocycles. The van der Waals surface area contributed by atoms with E-state index >= 15 is 0 Å². The Morgan fingerprint density at radius 3 is 2.91 bits per heavy atom. The van der Waals surface area contributed by atoms with E-state index in [1.54, 1.807) is 24.6 Å². The Balaban J connectivity index is 1.88. The van der Waals surface area contributed by atoms with E-state index < -0.39 is 0 Å². The zero-order valence-electron chi connectivity index (χ0n) is 13.4. The van der Waals surface area contributed by atoms with Gasteiger partial charge in [0, 0.05) is 29.8 Å². The van der Waals surface area contributed by atoms with Crippen molar-refractivity contribution in [1.29, 1.82) is 0 Å². The van der Waals surface area contributed by atoms with Crippen molar-refractivity contribution in [2.45, 2.75) is 19.5 Å². The van der Waals surface area contributed by atoms with Crippen LogP contribution in [0, 0.1) is 0 Å². The fourth-order valence-electron chi connectivity index (χ4n) is 2.50. The van der Waals surface area contributed by atoms with Gasteiger partial charge < -0.3 is 9.72 Å². The van der Waals surface area contributed by atoms with Crippen LogP contribution < -0.4 is 10.3 Å². The molecule has 0 radical (unpaired) electrons. The summed E-state index contributed by atoms with van der Waals surface area (Å²) in [5.74, 6) is 0.732. The zero-order valence-corrected chi connectivity index (χ0v) is 14.2. The lowest BCUT2D eigenvalue weighted by atomic mass is 10.1. The molecule has 1 atom stereocenters. The summed E-state index contributed by atoms with van der Waals surface area (Å²) in [4.78, 5) is 21.7. The van der Waals surface area contributed by atoms with Crippen LogP contribution in [0.4, 0.5) is 0 Å². The van der Waals surface area contributed by atoms with E-state index in [0.29, 0.717) is 6.54 Å². The van der Waals surface area contributed by atoms with Gasteiger partial charge in [-0.25, -0.2) is 4.98 Å². The van der Waals surface area contributed by atoms with Gasteiger partial charge in [0.2, 0.25) is 0 Å². The van der Waals surface area contributed by atoms with Gasteiger partial charge in [-0.2, -0.15) is 0 Å². The second-order valence-corrected chi connectivity index (χ2v) is 6.46. The Morgan fingerprint density at radius 1 is 1.39 bits per heavy atom. The van der Waals surface area contributed by atoms with Crippen molar-refractivity contribution < 1.29 is 4.74 Å². The first kappa shape index (κ1) is 15.7. The first-order chi connectivity index (χ1) is 11.1. The highest BCUT2D eigenvalue weighted by atomic mass is 32.1. The van der Waals surface area contributed by atoms with Crippen molar-refractivity contribution in [3.05, 3.63) is 56.8 Å². The average Bonchev–Trinajstić information content (AvgIpc) is 3.08. The Morgan fingerprint density at radius 2 is 2.22 bits per heavy atom. The Labute approximate surface area is 138 Å². The van der Waals surface area contributed by atoms with Crippen molar-refractivity contribution in [2.24, 2.45) is 0 Å². The van der Waals surface area contributed by atoms with Gasteiger partial charge in [0.05, 0.1) is 18.7 Å². The van der Waals surface area contributed by atoms with Gasteiger partial charge >= 0.3 is 0 Å². The lowest BCUT2D eigenvalue weighted by Gasteiger charge is -2.22. The maximum atomic E-state index is 12.3. The topological polar surface area (TPSA) is 58.2 Å². The van der Waals surface area contributed by atoms with Gasteiger partial charge in [-0.3, -0.25) is 9.69 Å². The Bertz CT molecular complexity index is 858. The number of pyridine rings is 1. The number of nitrogens with one attached hydrogen (secondary N) is 1. The highest BCUT2D eigenvalue weighted by molar-refractivity contribution is 7.09. The molecule has 0 spiro atoms. The summed E-state index contributed by atoms with van der Waals surface area (Å²) in [5, 5.41) is 4.01. The number of hydrogen-bond donors (Lipinski definition) is 1. The van der Waals surface area contributed by atoms with Crippen LogP contribution in [0.1, 0.15) is 23.5 Å². The van der Waals surface area contributed by atoms with Crippen LogP contribution in [0.15, 0.2) is 40.6 Å². The van der Waals surface area contributed by atoms with E-state index in [1.807, 2.05) is 36.7 Å². The molecule has 0 aliphatic rings. The summed E-state index contributed by atoms with van der Waals surface area (Å²) in [6.07, 6.45) is 1.81. The molecule has 3 rings (SSSR count). The van der Waals surface area contributed by atoms with Crippen LogP contribution in [0.3, 0.4) is 0 Å². The monoisotopic (exact) mass is 329 g/mol. The minimum absolute atomic E-state index is 0.0658. The summed E-state index contributed by atoms with van der Waals surface area (Å²) < 4.78 is 5.19. The number of benzene rings is 1. The third-order valence-electron chi connectivity index (χ3n) is 4.02. The lowest BCUT2D eigenvalue weighted by molar-refractivity contribution is 0.251. The maximum absolute atomic E-state index is 12.3. The molecule has 0 saturated heterocycles. The number of rotatable bonds is 5. The third kappa shape index (κ3) is 3.28. The molecule has 2 aromatic heterocycles. The molecule has 0 amide bonds. The fourth-order valence-corrected chi connectivity index (χ4v) is 3.26. The quantitative estimate of drug-likeness (QED) is 0.781. The maximum Gasteiger partial charge on any atom is 0.252 e. The van der Waals surface area contributed by atoms with Crippen molar-refractivity contribution in [1.82, 2.24) is 14.9 Å². The predicted octanol–water partition coefficient (Wildman–Crippen LogP) is 3.19. The molecule has 0 unspecified atom stereocenters. The number of aromatic amines is 1. The number of thiazole rings is 1. The number of nitrogens with zero attached hydrogens (tertiary/aromatic N) is 2. The highest BCUT2D eigenvalue weighted by Gasteiger charge is 2.16. The SMILES string of the molecule is COc1ccc2cc(CN(C)[C@@H](C)c3nccs3)c(=O)[nH]c2c1. The fraction of sp³-hybridized carbons (Fsp3) is 0.294. The second kappa shape index (κ2) is 6.52. The van der Waals surface area contributed by atoms with Gasteiger partial charge in [0.15, 0.2) is 0 Å². The molecule has 23 heavy (non-hydrogen) atoms. The van der Waals surface area contributed by atoms with E-state index in [2.05, 4.69) is 21.8 Å². The molecule has 0 bridgehead atoms. The number of ether oxygens (including phenoxy) is 1. The van der Waals surface area contributed by atoms with Crippen molar-refractivity contribution in [3.63, 3.8) is 0 Å². The molecule has 0 aliphatic heterocycles. The standard InChI is InChI=1S/C17H19N3O2S/c1-11(17-18-6-7-23-17)20(2)10-13-8-12-4-5-14(22-3)9-15(12)19-16(13)21/h4-9,11H,10H2,1-3H3,(H,19,21)/t11-/m0/s1. The summed E-state index contributed by atoms with van der Waals surface area (Å²) in [7, 11) is 3.62. The van der Waals surface area contributed by atoms with Crippen LogP contribution in [0.2, 0.25) is 0 Å². The Kier molecular flexibility index (Phi) is 4.45. The molecule has 5 nitrogen and oxygen atoms in total. The van der Waals surface area contributed by atoms with Gasteiger partial charge in [0.25, 0.3) is 5.56 Å². The highest BCUT2D eigenvalue weighted by Crippen LogP contribution is 2.23. The molecule has 1 N–H and O–H groups in total. The van der Waals surface area contributed by atoms with E-state index in [1.165, 1.54) is 0 Å². The molecule has 1 aromatic carbocycles. The Hall–Kier alpha value is -2.18. The molecule has 120 valence electrons. The third-order valence-corrected chi connectivity index (χ3v) is 4.97. The average molecular weight is 329 g/mol. The molecular weight excluding hydrogens is 310 g/mol. The van der Waals surface area contributed by atoms with Crippen LogP contribution in [-0.2, 0) is 6.54 Å². The van der Waals surface area contributed by atoms with Gasteiger partial charge in [-0.1, -0.05) is 0 Å². The number of aromatic nitrogens is 2. The summed E-state index contributed by atoms with van der Waals surface area (Å²) in [6.45, 7) is 2.66. The van der Waals surface area contributed by atoms with Crippen LogP contribution >= 0.6 is 11.3 Å². The molecule has 2 heterocycles. The number of fused-ring (bicyclic) bond motifs is 1. The second-order valence-electron chi connectivity index (χ2n) is 5.54. The zero-order chi connectivity index (χ0) is 16.4. The summed E-state index contributed by atoms with van der Waals surface area (Å²) >= 11 is 1.63. The first-order valence-corrected chi connectivity index (χ1v) is 8.26. The van der Waals surface area contributed by atoms with Crippen LogP contribution in [0.25, 0.3) is 10.9 Å². The normalized spacial score (nSPS) is 12.7. The molecule has 0 fully saturated rings.